The molecule has 10 heteroatoms. The summed E-state index contributed by atoms with van der Waals surface area (Å²) in [6.07, 6.45) is 1.21. The molecule has 0 saturated carbocycles. The molecule has 28 heavy (non-hydrogen) atoms. The van der Waals surface area contributed by atoms with Gasteiger partial charge in [0.2, 0.25) is 11.6 Å². The Bertz CT molecular complexity index is 1020. The Balaban J connectivity index is 2.01. The minimum Gasteiger partial charge on any atom is -0.492 e. The largest absolute Gasteiger partial charge is 0.492 e. The third-order valence-electron chi connectivity index (χ3n) is 3.65. The predicted molar refractivity (Wildman–Crippen MR) is 109 cm³/mol. The van der Waals surface area contributed by atoms with Crippen molar-refractivity contribution in [1.82, 2.24) is 9.97 Å². The summed E-state index contributed by atoms with van der Waals surface area (Å²) in [5.74, 6) is 0.527. The van der Waals surface area contributed by atoms with Crippen molar-refractivity contribution in [3.63, 3.8) is 0 Å². The van der Waals surface area contributed by atoms with Crippen molar-refractivity contribution in [1.29, 1.82) is 0 Å². The van der Waals surface area contributed by atoms with Gasteiger partial charge in [-0.15, -0.1) is 0 Å². The van der Waals surface area contributed by atoms with E-state index in [1.165, 1.54) is 6.33 Å². The average Bonchev–Trinajstić information content (AvgIpc) is 2.67. The molecule has 1 aromatic heterocycles. The number of rotatable bonds is 7. The van der Waals surface area contributed by atoms with E-state index in [0.717, 1.165) is 0 Å². The van der Waals surface area contributed by atoms with E-state index in [2.05, 4.69) is 20.6 Å². The topological polar surface area (TPSA) is 102 Å². The normalized spacial score (nSPS) is 10.4. The average molecular weight is 420 g/mol. The van der Waals surface area contributed by atoms with Crippen LogP contribution in [-0.2, 0) is 0 Å². The number of ether oxygens (including phenoxy) is 1. The van der Waals surface area contributed by atoms with Crippen LogP contribution < -0.4 is 15.4 Å². The first kappa shape index (κ1) is 19.7. The van der Waals surface area contributed by atoms with E-state index in [9.17, 15) is 10.1 Å². The molecule has 3 rings (SSSR count). The molecule has 0 aliphatic carbocycles. The van der Waals surface area contributed by atoms with Crippen molar-refractivity contribution >= 4 is 51.9 Å². The van der Waals surface area contributed by atoms with Gasteiger partial charge >= 0.3 is 5.69 Å². The SMILES string of the molecule is CCOc1ccccc1Nc1ncnc(Nc2cccc(Cl)c2Cl)c1[N+](=O)[O-]. The van der Waals surface area contributed by atoms with Gasteiger partial charge in [0.05, 0.1) is 33.0 Å². The molecule has 0 aliphatic rings. The molecule has 0 radical (unpaired) electrons. The van der Waals surface area contributed by atoms with Crippen LogP contribution in [0, 0.1) is 10.1 Å². The number of halogens is 2. The Kier molecular flexibility index (Phi) is 6.13. The van der Waals surface area contributed by atoms with Crippen LogP contribution in [0.4, 0.5) is 28.7 Å². The lowest BCUT2D eigenvalue weighted by Gasteiger charge is -2.13. The van der Waals surface area contributed by atoms with E-state index >= 15 is 0 Å². The summed E-state index contributed by atoms with van der Waals surface area (Å²) < 4.78 is 5.54. The van der Waals surface area contributed by atoms with Gasteiger partial charge in [-0.3, -0.25) is 10.1 Å². The molecule has 144 valence electrons. The molecular weight excluding hydrogens is 405 g/mol. The summed E-state index contributed by atoms with van der Waals surface area (Å²) in [6, 6.07) is 12.0. The van der Waals surface area contributed by atoms with Gasteiger partial charge in [0.1, 0.15) is 12.1 Å². The quantitative estimate of drug-likeness (QED) is 0.380. The molecule has 0 aliphatic heterocycles. The van der Waals surface area contributed by atoms with E-state index < -0.39 is 4.92 Å². The van der Waals surface area contributed by atoms with Gasteiger partial charge in [-0.05, 0) is 31.2 Å². The van der Waals surface area contributed by atoms with Crippen molar-refractivity contribution in [2.45, 2.75) is 6.92 Å². The van der Waals surface area contributed by atoms with Crippen LogP contribution in [0.5, 0.6) is 5.75 Å². The molecule has 0 fully saturated rings. The maximum atomic E-state index is 11.7. The minimum absolute atomic E-state index is 0.00723. The Morgan fingerprint density at radius 2 is 1.68 bits per heavy atom. The predicted octanol–water partition coefficient (Wildman–Crippen LogP) is 5.58. The summed E-state index contributed by atoms with van der Waals surface area (Å²) in [5.41, 5.74) is 0.583. The van der Waals surface area contributed by atoms with Crippen molar-refractivity contribution in [2.75, 3.05) is 17.2 Å². The monoisotopic (exact) mass is 419 g/mol. The highest BCUT2D eigenvalue weighted by molar-refractivity contribution is 6.43. The van der Waals surface area contributed by atoms with Crippen LogP contribution in [0.3, 0.4) is 0 Å². The summed E-state index contributed by atoms with van der Waals surface area (Å²) >= 11 is 12.2. The first-order chi connectivity index (χ1) is 13.5. The molecule has 0 amide bonds. The second-order valence-electron chi connectivity index (χ2n) is 5.46. The smallest absolute Gasteiger partial charge is 0.353 e. The first-order valence-corrected chi connectivity index (χ1v) is 8.96. The van der Waals surface area contributed by atoms with Crippen molar-refractivity contribution in [3.8, 4) is 5.75 Å². The number of para-hydroxylation sites is 2. The molecular formula is C18H15Cl2N5O3. The van der Waals surface area contributed by atoms with Crippen LogP contribution >= 0.6 is 23.2 Å². The lowest BCUT2D eigenvalue weighted by atomic mass is 10.2. The standard InChI is InChI=1S/C18H15Cl2N5O3/c1-2-28-14-9-4-3-7-12(14)23-17-16(25(26)27)18(22-10-21-17)24-13-8-5-6-11(19)15(13)20/h3-10H,2H2,1H3,(H2,21,22,23,24). The Morgan fingerprint density at radius 3 is 2.36 bits per heavy atom. The van der Waals surface area contributed by atoms with Gasteiger partial charge in [-0.2, -0.15) is 0 Å². The molecule has 0 saturated heterocycles. The Hall–Kier alpha value is -3.10. The van der Waals surface area contributed by atoms with Crippen molar-refractivity contribution in [3.05, 3.63) is 69.0 Å². The number of benzene rings is 2. The summed E-state index contributed by atoms with van der Waals surface area (Å²) in [6.45, 7) is 2.30. The van der Waals surface area contributed by atoms with Gasteiger partial charge < -0.3 is 15.4 Å². The lowest BCUT2D eigenvalue weighted by Crippen LogP contribution is -2.06. The molecule has 0 bridgehead atoms. The molecule has 1 heterocycles. The summed E-state index contributed by atoms with van der Waals surface area (Å²) in [7, 11) is 0. The number of nitrogens with one attached hydrogen (secondary N) is 2. The molecule has 8 nitrogen and oxygen atoms in total. The zero-order chi connectivity index (χ0) is 20.1. The maximum absolute atomic E-state index is 11.7. The van der Waals surface area contributed by atoms with Gasteiger partial charge in [0, 0.05) is 0 Å². The lowest BCUT2D eigenvalue weighted by molar-refractivity contribution is -0.383. The molecule has 0 unspecified atom stereocenters. The third-order valence-corrected chi connectivity index (χ3v) is 4.47. The van der Waals surface area contributed by atoms with Crippen LogP contribution in [-0.4, -0.2) is 21.5 Å². The highest BCUT2D eigenvalue weighted by Gasteiger charge is 2.24. The fourth-order valence-electron chi connectivity index (χ4n) is 2.44. The zero-order valence-electron chi connectivity index (χ0n) is 14.6. The number of nitro groups is 1. The van der Waals surface area contributed by atoms with E-state index in [4.69, 9.17) is 27.9 Å². The Labute approximate surface area is 170 Å². The van der Waals surface area contributed by atoms with E-state index in [1.807, 2.05) is 6.92 Å². The van der Waals surface area contributed by atoms with Gasteiger partial charge in [-0.25, -0.2) is 9.97 Å². The van der Waals surface area contributed by atoms with E-state index in [-0.39, 0.29) is 22.3 Å². The highest BCUT2D eigenvalue weighted by atomic mass is 35.5. The van der Waals surface area contributed by atoms with Crippen molar-refractivity contribution in [2.24, 2.45) is 0 Å². The number of nitrogens with zero attached hydrogens (tertiary/aromatic N) is 3. The Morgan fingerprint density at radius 1 is 1.04 bits per heavy atom. The van der Waals surface area contributed by atoms with Gasteiger partial charge in [0.25, 0.3) is 0 Å². The number of hydrogen-bond acceptors (Lipinski definition) is 7. The molecule has 3 aromatic rings. The fraction of sp³-hybridized carbons (Fsp3) is 0.111. The second-order valence-corrected chi connectivity index (χ2v) is 6.24. The first-order valence-electron chi connectivity index (χ1n) is 8.20. The third kappa shape index (κ3) is 4.24. The van der Waals surface area contributed by atoms with Crippen LogP contribution in [0.2, 0.25) is 10.0 Å². The van der Waals surface area contributed by atoms with Gasteiger partial charge in [-0.1, -0.05) is 41.4 Å². The van der Waals surface area contributed by atoms with Crippen molar-refractivity contribution < 1.29 is 9.66 Å². The second kappa shape index (κ2) is 8.73. The molecule has 0 atom stereocenters. The number of aromatic nitrogens is 2. The van der Waals surface area contributed by atoms with E-state index in [0.29, 0.717) is 28.8 Å². The fourth-order valence-corrected chi connectivity index (χ4v) is 2.79. The van der Waals surface area contributed by atoms with Crippen LogP contribution in [0.1, 0.15) is 6.92 Å². The maximum Gasteiger partial charge on any atom is 0.353 e. The molecule has 2 aromatic carbocycles. The summed E-state index contributed by atoms with van der Waals surface area (Å²) in [5, 5.41) is 18.1. The van der Waals surface area contributed by atoms with E-state index in [1.54, 1.807) is 42.5 Å². The summed E-state index contributed by atoms with van der Waals surface area (Å²) in [4.78, 5) is 19.2. The highest BCUT2D eigenvalue weighted by Crippen LogP contribution is 2.37. The molecule has 2 N–H and O–H groups in total. The number of anilines is 4. The minimum atomic E-state index is -0.577. The zero-order valence-corrected chi connectivity index (χ0v) is 16.2. The van der Waals surface area contributed by atoms with Gasteiger partial charge in [0.15, 0.2) is 0 Å². The van der Waals surface area contributed by atoms with Crippen LogP contribution in [0.25, 0.3) is 0 Å². The molecule has 0 spiro atoms. The van der Waals surface area contributed by atoms with Crippen LogP contribution in [0.15, 0.2) is 48.8 Å². The number of hydrogen-bond donors (Lipinski definition) is 2.